The van der Waals surface area contributed by atoms with Gasteiger partial charge in [-0.05, 0) is 12.5 Å². The third-order valence-electron chi connectivity index (χ3n) is 2.94. The molecule has 0 unspecified atom stereocenters. The van der Waals surface area contributed by atoms with E-state index in [-0.39, 0.29) is 22.9 Å². The van der Waals surface area contributed by atoms with Crippen molar-refractivity contribution < 1.29 is 14.4 Å². The number of carbonyl (C=O) groups is 1. The van der Waals surface area contributed by atoms with Gasteiger partial charge in [0.15, 0.2) is 5.52 Å². The van der Waals surface area contributed by atoms with Gasteiger partial charge in [-0.3, -0.25) is 4.79 Å². The SMILES string of the molecule is CCCCCC(=O)Nc1n[n+]([O-])c2ccccc2[n+]1[O-]. The van der Waals surface area contributed by atoms with Gasteiger partial charge in [0.05, 0.1) is 0 Å². The van der Waals surface area contributed by atoms with Gasteiger partial charge in [-0.2, -0.15) is 0 Å². The van der Waals surface area contributed by atoms with E-state index < -0.39 is 0 Å². The molecule has 1 aromatic carbocycles. The second-order valence-corrected chi connectivity index (χ2v) is 4.48. The predicted octanol–water partition coefficient (Wildman–Crippen LogP) is 1.02. The summed E-state index contributed by atoms with van der Waals surface area (Å²) in [4.78, 5) is 12.0. The number of unbranched alkanes of at least 4 members (excludes halogenated alkanes) is 2. The van der Waals surface area contributed by atoms with Gasteiger partial charge in [-0.15, -0.1) is 0 Å². The Hall–Kier alpha value is -2.44. The second kappa shape index (κ2) is 6.14. The van der Waals surface area contributed by atoms with E-state index in [0.29, 0.717) is 16.0 Å². The molecule has 20 heavy (non-hydrogen) atoms. The van der Waals surface area contributed by atoms with Crippen LogP contribution in [0.15, 0.2) is 24.3 Å². The van der Waals surface area contributed by atoms with Crippen molar-refractivity contribution in [2.24, 2.45) is 0 Å². The Bertz CT molecular complexity index is 630. The van der Waals surface area contributed by atoms with E-state index in [1.165, 1.54) is 12.1 Å². The van der Waals surface area contributed by atoms with Crippen LogP contribution in [0.25, 0.3) is 11.0 Å². The smallest absolute Gasteiger partial charge is 0.468 e. The maximum atomic E-state index is 12.0. The monoisotopic (exact) mass is 276 g/mol. The van der Waals surface area contributed by atoms with Gasteiger partial charge in [0.2, 0.25) is 5.10 Å². The number of carbonyl (C=O) groups excluding carboxylic acids is 1. The molecule has 1 N–H and O–H groups in total. The zero-order chi connectivity index (χ0) is 14.5. The number of aromatic nitrogens is 3. The average Bonchev–Trinajstić information content (AvgIpc) is 2.45. The van der Waals surface area contributed by atoms with E-state index in [4.69, 9.17) is 0 Å². The van der Waals surface area contributed by atoms with Crippen LogP contribution in [0.5, 0.6) is 0 Å². The molecule has 2 rings (SSSR count). The van der Waals surface area contributed by atoms with Gasteiger partial charge in [-0.25, -0.2) is 10.0 Å². The number of anilines is 1. The predicted molar refractivity (Wildman–Crippen MR) is 72.4 cm³/mol. The number of para-hydroxylation sites is 2. The number of hydrogen-bond acceptors (Lipinski definition) is 4. The lowest BCUT2D eigenvalue weighted by Crippen LogP contribution is -2.44. The highest BCUT2D eigenvalue weighted by molar-refractivity contribution is 5.88. The highest BCUT2D eigenvalue weighted by Gasteiger charge is 2.21. The van der Waals surface area contributed by atoms with Crippen molar-refractivity contribution in [1.29, 1.82) is 0 Å². The number of amides is 1. The van der Waals surface area contributed by atoms with Crippen LogP contribution >= 0.6 is 0 Å². The average molecular weight is 276 g/mol. The fourth-order valence-electron chi connectivity index (χ4n) is 1.89. The third-order valence-corrected chi connectivity index (χ3v) is 2.94. The minimum absolute atomic E-state index is 0.159. The van der Waals surface area contributed by atoms with Gasteiger partial charge in [0.1, 0.15) is 0 Å². The lowest BCUT2D eigenvalue weighted by Gasteiger charge is -2.09. The maximum absolute atomic E-state index is 12.0. The van der Waals surface area contributed by atoms with Crippen LogP contribution in [0.1, 0.15) is 32.6 Å². The number of nitrogens with zero attached hydrogens (tertiary/aromatic N) is 3. The molecule has 0 saturated carbocycles. The minimum atomic E-state index is -0.314. The topological polar surface area (TPSA) is 95.9 Å². The zero-order valence-corrected chi connectivity index (χ0v) is 11.2. The summed E-state index contributed by atoms with van der Waals surface area (Å²) in [5.74, 6) is -0.606. The molecule has 0 radical (unpaired) electrons. The maximum Gasteiger partial charge on any atom is 0.468 e. The molecule has 0 aliphatic carbocycles. The first-order valence-corrected chi connectivity index (χ1v) is 6.55. The van der Waals surface area contributed by atoms with E-state index in [9.17, 15) is 15.2 Å². The molecule has 7 heteroatoms. The fraction of sp³-hybridized carbons (Fsp3) is 0.385. The molecule has 2 aromatic rings. The Morgan fingerprint density at radius 1 is 1.25 bits per heavy atom. The number of hydrogen-bond donors (Lipinski definition) is 1. The van der Waals surface area contributed by atoms with Crippen LogP contribution in [-0.4, -0.2) is 11.0 Å². The molecule has 1 heterocycles. The summed E-state index contributed by atoms with van der Waals surface area (Å²) in [6.07, 6.45) is 2.99. The summed E-state index contributed by atoms with van der Waals surface area (Å²) in [5.41, 5.74) is 0.327. The molecule has 0 spiro atoms. The molecule has 1 aromatic heterocycles. The molecule has 0 fully saturated rings. The van der Waals surface area contributed by atoms with Crippen LogP contribution in [0.3, 0.4) is 0 Å². The van der Waals surface area contributed by atoms with E-state index in [1.807, 2.05) is 6.92 Å². The van der Waals surface area contributed by atoms with E-state index in [1.54, 1.807) is 12.1 Å². The number of rotatable bonds is 5. The van der Waals surface area contributed by atoms with E-state index >= 15 is 0 Å². The second-order valence-electron chi connectivity index (χ2n) is 4.48. The molecule has 7 nitrogen and oxygen atoms in total. The Labute approximate surface area is 116 Å². The van der Waals surface area contributed by atoms with Crippen LogP contribution < -0.4 is 14.9 Å². The van der Waals surface area contributed by atoms with E-state index in [0.717, 1.165) is 19.3 Å². The zero-order valence-electron chi connectivity index (χ0n) is 11.2. The van der Waals surface area contributed by atoms with Crippen molar-refractivity contribution in [3.8, 4) is 0 Å². The third kappa shape index (κ3) is 2.93. The first-order valence-electron chi connectivity index (χ1n) is 6.55. The molecular formula is C13H16N4O3. The molecule has 106 valence electrons. The Morgan fingerprint density at radius 2 is 1.95 bits per heavy atom. The van der Waals surface area contributed by atoms with Crippen LogP contribution in [0, 0.1) is 10.4 Å². The molecule has 0 atom stereocenters. The van der Waals surface area contributed by atoms with Gasteiger partial charge >= 0.3 is 5.95 Å². The van der Waals surface area contributed by atoms with Crippen molar-refractivity contribution in [3.05, 3.63) is 34.7 Å². The molecule has 0 aliphatic heterocycles. The molecule has 0 saturated heterocycles. The number of nitrogens with one attached hydrogen (secondary N) is 1. The minimum Gasteiger partial charge on any atom is -0.739 e. The summed E-state index contributed by atoms with van der Waals surface area (Å²) in [6, 6.07) is 6.28. The Balaban J connectivity index is 2.22. The van der Waals surface area contributed by atoms with Crippen molar-refractivity contribution in [2.75, 3.05) is 5.32 Å². The Morgan fingerprint density at radius 3 is 2.65 bits per heavy atom. The number of fused-ring (bicyclic) bond motifs is 1. The first kappa shape index (κ1) is 14.0. The van der Waals surface area contributed by atoms with Crippen LogP contribution in [0.2, 0.25) is 0 Å². The lowest BCUT2D eigenvalue weighted by molar-refractivity contribution is -0.672. The standard InChI is InChI=1S/C13H16N4O3/c1-2-3-4-9-12(18)14-13-15-17(20)11-8-6-5-7-10(11)16(13)19/h5-8H,2-4,9H2,1H3,(H,14,15,18). The fourth-order valence-corrected chi connectivity index (χ4v) is 1.89. The van der Waals surface area contributed by atoms with Gasteiger partial charge in [0.25, 0.3) is 11.4 Å². The van der Waals surface area contributed by atoms with Gasteiger partial charge in [-0.1, -0.05) is 31.9 Å². The summed E-state index contributed by atoms with van der Waals surface area (Å²) >= 11 is 0. The quantitative estimate of drug-likeness (QED) is 0.501. The van der Waals surface area contributed by atoms with Crippen molar-refractivity contribution >= 4 is 22.9 Å². The summed E-state index contributed by atoms with van der Waals surface area (Å²) in [7, 11) is 0. The normalized spacial score (nSPS) is 10.7. The molecule has 0 aliphatic rings. The molecule has 0 bridgehead atoms. The molecule has 1 amide bonds. The number of benzene rings is 1. The van der Waals surface area contributed by atoms with Crippen molar-refractivity contribution in [2.45, 2.75) is 32.6 Å². The van der Waals surface area contributed by atoms with E-state index in [2.05, 4.69) is 10.4 Å². The highest BCUT2D eigenvalue weighted by Crippen LogP contribution is 2.06. The van der Waals surface area contributed by atoms with Gasteiger partial charge < -0.3 is 10.4 Å². The summed E-state index contributed by atoms with van der Waals surface area (Å²) in [5, 5.41) is 29.7. The largest absolute Gasteiger partial charge is 0.739 e. The Kier molecular flexibility index (Phi) is 4.29. The van der Waals surface area contributed by atoms with Crippen molar-refractivity contribution in [1.82, 2.24) is 5.10 Å². The van der Waals surface area contributed by atoms with Crippen LogP contribution in [-0.2, 0) is 4.79 Å². The van der Waals surface area contributed by atoms with Crippen molar-refractivity contribution in [3.63, 3.8) is 0 Å². The first-order chi connectivity index (χ1) is 9.63. The molecular weight excluding hydrogens is 260 g/mol. The summed E-state index contributed by atoms with van der Waals surface area (Å²) < 4.78 is 0.460. The van der Waals surface area contributed by atoms with Gasteiger partial charge in [0, 0.05) is 17.3 Å². The lowest BCUT2D eigenvalue weighted by atomic mass is 10.2. The summed E-state index contributed by atoms with van der Waals surface area (Å²) in [6.45, 7) is 2.04. The highest BCUT2D eigenvalue weighted by atomic mass is 16.5. The van der Waals surface area contributed by atoms with Crippen LogP contribution in [0.4, 0.5) is 5.95 Å².